The van der Waals surface area contributed by atoms with Crippen LogP contribution in [-0.2, 0) is 10.6 Å². The summed E-state index contributed by atoms with van der Waals surface area (Å²) in [6.07, 6.45) is 1.000. The van der Waals surface area contributed by atoms with E-state index in [2.05, 4.69) is 29.1 Å². The first-order valence-corrected chi connectivity index (χ1v) is 6.94. The van der Waals surface area contributed by atoms with E-state index >= 15 is 0 Å². The number of aromatic nitrogens is 1. The minimum absolute atomic E-state index is 0.434. The lowest BCUT2D eigenvalue weighted by atomic mass is 10.1. The van der Waals surface area contributed by atoms with Gasteiger partial charge in [-0.05, 0) is 18.6 Å². The number of benzene rings is 1. The smallest absolute Gasteiger partial charge is 0.0726 e. The summed E-state index contributed by atoms with van der Waals surface area (Å²) in [5.41, 5.74) is 3.08. The Morgan fingerprint density at radius 1 is 1.32 bits per heavy atom. The normalized spacial score (nSPS) is 10.9. The van der Waals surface area contributed by atoms with Gasteiger partial charge in [0.15, 0.2) is 0 Å². The Kier molecular flexibility index (Phi) is 5.00. The number of fused-ring (bicyclic) bond motifs is 1. The van der Waals surface area contributed by atoms with Crippen molar-refractivity contribution in [1.82, 2.24) is 4.98 Å². The van der Waals surface area contributed by atoms with Gasteiger partial charge in [0.25, 0.3) is 0 Å². The van der Waals surface area contributed by atoms with Gasteiger partial charge in [0.1, 0.15) is 0 Å². The van der Waals surface area contributed by atoms with Crippen molar-refractivity contribution in [2.75, 3.05) is 32.2 Å². The number of methoxy groups -OCH3 is 1. The molecule has 2 aromatic rings. The van der Waals surface area contributed by atoms with E-state index < -0.39 is 0 Å². The van der Waals surface area contributed by atoms with Crippen molar-refractivity contribution < 1.29 is 4.74 Å². The van der Waals surface area contributed by atoms with E-state index in [1.54, 1.807) is 7.11 Å². The Morgan fingerprint density at radius 3 is 2.84 bits per heavy atom. The summed E-state index contributed by atoms with van der Waals surface area (Å²) in [4.78, 5) is 6.79. The molecule has 0 saturated heterocycles. The molecule has 1 heterocycles. The molecule has 1 aromatic carbocycles. The van der Waals surface area contributed by atoms with Gasteiger partial charge < -0.3 is 9.64 Å². The summed E-state index contributed by atoms with van der Waals surface area (Å²) < 4.78 is 5.10. The molecule has 0 aliphatic carbocycles. The second-order valence-electron chi connectivity index (χ2n) is 4.55. The number of rotatable bonds is 6. The van der Waals surface area contributed by atoms with Gasteiger partial charge in [-0.25, -0.2) is 0 Å². The number of para-hydroxylation sites is 1. The Morgan fingerprint density at radius 2 is 2.11 bits per heavy atom. The van der Waals surface area contributed by atoms with Gasteiger partial charge in [-0.2, -0.15) is 0 Å². The van der Waals surface area contributed by atoms with Crippen LogP contribution in [0.2, 0.25) is 0 Å². The third-order valence-corrected chi connectivity index (χ3v) is 3.41. The van der Waals surface area contributed by atoms with Gasteiger partial charge in [0.05, 0.1) is 17.1 Å². The van der Waals surface area contributed by atoms with Crippen molar-refractivity contribution in [1.29, 1.82) is 0 Å². The standard InChI is InChI=1S/C15H19ClN2O/c1-18(8-5-9-19-2)15-10-12(11-16)17-14-7-4-3-6-13(14)15/h3-4,6-7,10H,5,8-9,11H2,1-2H3. The number of anilines is 1. The minimum Gasteiger partial charge on any atom is -0.385 e. The van der Waals surface area contributed by atoms with Crippen LogP contribution in [0.3, 0.4) is 0 Å². The van der Waals surface area contributed by atoms with E-state index in [1.807, 2.05) is 18.2 Å². The molecule has 4 heteroatoms. The summed E-state index contributed by atoms with van der Waals surface area (Å²) >= 11 is 5.93. The van der Waals surface area contributed by atoms with E-state index in [0.717, 1.165) is 36.2 Å². The molecule has 102 valence electrons. The van der Waals surface area contributed by atoms with E-state index in [9.17, 15) is 0 Å². The molecule has 3 nitrogen and oxygen atoms in total. The topological polar surface area (TPSA) is 25.4 Å². The number of hydrogen-bond acceptors (Lipinski definition) is 3. The number of nitrogens with zero attached hydrogens (tertiary/aromatic N) is 2. The third kappa shape index (κ3) is 3.37. The van der Waals surface area contributed by atoms with Crippen LogP contribution < -0.4 is 4.90 Å². The van der Waals surface area contributed by atoms with Crippen LogP contribution in [0.5, 0.6) is 0 Å². The average Bonchev–Trinajstić information content (AvgIpc) is 2.46. The predicted octanol–water partition coefficient (Wildman–Crippen LogP) is 3.45. The SMILES string of the molecule is COCCCN(C)c1cc(CCl)nc2ccccc12. The number of pyridine rings is 1. The summed E-state index contributed by atoms with van der Waals surface area (Å²) in [5.74, 6) is 0.434. The van der Waals surface area contributed by atoms with Crippen LogP contribution >= 0.6 is 11.6 Å². The summed E-state index contributed by atoms with van der Waals surface area (Å²) in [6, 6.07) is 10.2. The Labute approximate surface area is 119 Å². The summed E-state index contributed by atoms with van der Waals surface area (Å²) in [6.45, 7) is 1.72. The van der Waals surface area contributed by atoms with Crippen LogP contribution in [-0.4, -0.2) is 32.3 Å². The molecule has 0 saturated carbocycles. The molecule has 0 aliphatic heterocycles. The predicted molar refractivity (Wildman–Crippen MR) is 81.1 cm³/mol. The van der Waals surface area contributed by atoms with Crippen LogP contribution in [0, 0.1) is 0 Å². The molecular formula is C15H19ClN2O. The molecule has 0 N–H and O–H groups in total. The highest BCUT2D eigenvalue weighted by Gasteiger charge is 2.09. The first kappa shape index (κ1) is 14.1. The number of halogens is 1. The fourth-order valence-electron chi connectivity index (χ4n) is 2.16. The molecule has 0 atom stereocenters. The Hall–Kier alpha value is -1.32. The second kappa shape index (κ2) is 6.73. The summed E-state index contributed by atoms with van der Waals surface area (Å²) in [5, 5.41) is 1.16. The third-order valence-electron chi connectivity index (χ3n) is 3.14. The zero-order valence-corrected chi connectivity index (χ0v) is 12.2. The maximum atomic E-state index is 5.93. The van der Waals surface area contributed by atoms with Gasteiger partial charge >= 0.3 is 0 Å². The quantitative estimate of drug-likeness (QED) is 0.598. The largest absolute Gasteiger partial charge is 0.385 e. The van der Waals surface area contributed by atoms with Gasteiger partial charge in [0.2, 0.25) is 0 Å². The molecule has 0 radical (unpaired) electrons. The molecule has 0 unspecified atom stereocenters. The minimum atomic E-state index is 0.434. The first-order chi connectivity index (χ1) is 9.26. The zero-order chi connectivity index (χ0) is 13.7. The lowest BCUT2D eigenvalue weighted by Gasteiger charge is -2.21. The highest BCUT2D eigenvalue weighted by molar-refractivity contribution is 6.17. The second-order valence-corrected chi connectivity index (χ2v) is 4.82. The van der Waals surface area contributed by atoms with Crippen LogP contribution in [0.25, 0.3) is 10.9 Å². The zero-order valence-electron chi connectivity index (χ0n) is 11.4. The molecule has 0 aliphatic rings. The molecular weight excluding hydrogens is 260 g/mol. The Balaban J connectivity index is 2.34. The molecule has 0 spiro atoms. The fraction of sp³-hybridized carbons (Fsp3) is 0.400. The van der Waals surface area contributed by atoms with Crippen LogP contribution in [0.1, 0.15) is 12.1 Å². The maximum Gasteiger partial charge on any atom is 0.0726 e. The van der Waals surface area contributed by atoms with E-state index in [-0.39, 0.29) is 0 Å². The monoisotopic (exact) mass is 278 g/mol. The molecule has 0 fully saturated rings. The van der Waals surface area contributed by atoms with Crippen LogP contribution in [0.4, 0.5) is 5.69 Å². The van der Waals surface area contributed by atoms with E-state index in [0.29, 0.717) is 5.88 Å². The Bertz CT molecular complexity index is 545. The van der Waals surface area contributed by atoms with Gasteiger partial charge in [0, 0.05) is 38.4 Å². The highest BCUT2D eigenvalue weighted by atomic mass is 35.5. The first-order valence-electron chi connectivity index (χ1n) is 6.41. The molecule has 0 amide bonds. The van der Waals surface area contributed by atoms with Crippen molar-refractivity contribution in [2.24, 2.45) is 0 Å². The van der Waals surface area contributed by atoms with E-state index in [1.165, 1.54) is 5.69 Å². The van der Waals surface area contributed by atoms with Gasteiger partial charge in [-0.3, -0.25) is 4.98 Å². The summed E-state index contributed by atoms with van der Waals surface area (Å²) in [7, 11) is 3.82. The molecule has 2 rings (SSSR count). The van der Waals surface area contributed by atoms with Crippen molar-refractivity contribution in [3.63, 3.8) is 0 Å². The fourth-order valence-corrected chi connectivity index (χ4v) is 2.30. The molecule has 0 bridgehead atoms. The lowest BCUT2D eigenvalue weighted by Crippen LogP contribution is -2.20. The van der Waals surface area contributed by atoms with Crippen molar-refractivity contribution >= 4 is 28.2 Å². The maximum absolute atomic E-state index is 5.93. The molecule has 1 aromatic heterocycles. The number of hydrogen-bond donors (Lipinski definition) is 0. The van der Waals surface area contributed by atoms with E-state index in [4.69, 9.17) is 16.3 Å². The number of ether oxygens (including phenoxy) is 1. The van der Waals surface area contributed by atoms with Crippen LogP contribution in [0.15, 0.2) is 30.3 Å². The van der Waals surface area contributed by atoms with Gasteiger partial charge in [-0.15, -0.1) is 11.6 Å². The lowest BCUT2D eigenvalue weighted by molar-refractivity contribution is 0.196. The molecule has 19 heavy (non-hydrogen) atoms. The van der Waals surface area contributed by atoms with Crippen molar-refractivity contribution in [3.8, 4) is 0 Å². The number of alkyl halides is 1. The van der Waals surface area contributed by atoms with Gasteiger partial charge in [-0.1, -0.05) is 18.2 Å². The van der Waals surface area contributed by atoms with Crippen molar-refractivity contribution in [2.45, 2.75) is 12.3 Å². The van der Waals surface area contributed by atoms with Crippen molar-refractivity contribution in [3.05, 3.63) is 36.0 Å². The average molecular weight is 279 g/mol. The highest BCUT2D eigenvalue weighted by Crippen LogP contribution is 2.26.